The third-order valence-corrected chi connectivity index (χ3v) is 8.90. The van der Waals surface area contributed by atoms with Crippen LogP contribution in [0.25, 0.3) is 0 Å². The lowest BCUT2D eigenvalue weighted by atomic mass is 9.86. The van der Waals surface area contributed by atoms with E-state index in [0.29, 0.717) is 0 Å². The molecular formula is C25H43NO17S. The molecule has 0 aromatic rings. The maximum absolute atomic E-state index is 10.9. The quantitative estimate of drug-likeness (QED) is 0.0806. The molecule has 0 saturated carbocycles. The molecular weight excluding hydrogens is 618 g/mol. The predicted molar refractivity (Wildman–Crippen MR) is 145 cm³/mol. The minimum atomic E-state index is -1.89. The largest absolute Gasteiger partial charge is 0.394 e. The van der Waals surface area contributed by atoms with Crippen LogP contribution in [0.5, 0.6) is 0 Å². The van der Waals surface area contributed by atoms with Crippen LogP contribution in [-0.2, 0) is 23.7 Å². The van der Waals surface area contributed by atoms with E-state index in [0.717, 1.165) is 0 Å². The second-order valence-electron chi connectivity index (χ2n) is 11.4. The van der Waals surface area contributed by atoms with E-state index in [1.807, 2.05) is 0 Å². The molecule has 19 atom stereocenters. The molecule has 0 radical (unpaired) electrons. The highest BCUT2D eigenvalue weighted by atomic mass is 32.1. The molecule has 0 amide bonds. The van der Waals surface area contributed by atoms with Crippen molar-refractivity contribution in [3.05, 3.63) is 11.6 Å². The Hall–Kier alpha value is -0.630. The molecule has 0 aromatic carbocycles. The summed E-state index contributed by atoms with van der Waals surface area (Å²) in [4.78, 5) is 0. The third kappa shape index (κ3) is 7.11. The molecule has 18 nitrogen and oxygen atoms in total. The Labute approximate surface area is 257 Å². The van der Waals surface area contributed by atoms with E-state index < -0.39 is 135 Å². The first kappa shape index (κ1) is 36.2. The number of thiol groups is 1. The van der Waals surface area contributed by atoms with E-state index in [4.69, 9.17) is 23.7 Å². The van der Waals surface area contributed by atoms with E-state index in [1.54, 1.807) is 0 Å². The summed E-state index contributed by atoms with van der Waals surface area (Å²) in [6.45, 7) is -0.595. The van der Waals surface area contributed by atoms with Gasteiger partial charge in [0, 0.05) is 0 Å². The molecule has 19 heteroatoms. The number of rotatable bonds is 9. The maximum Gasteiger partial charge on any atom is 0.187 e. The van der Waals surface area contributed by atoms with Gasteiger partial charge in [0.15, 0.2) is 12.6 Å². The summed E-state index contributed by atoms with van der Waals surface area (Å²) in [6, 6.07) is -2.15. The molecule has 3 aliphatic heterocycles. The number of aliphatic hydroxyl groups excluding tert-OH is 12. The molecule has 0 aromatic heterocycles. The van der Waals surface area contributed by atoms with Gasteiger partial charge in [-0.25, -0.2) is 0 Å². The number of ether oxygens (including phenoxy) is 5. The van der Waals surface area contributed by atoms with Gasteiger partial charge in [0.2, 0.25) is 0 Å². The van der Waals surface area contributed by atoms with Crippen LogP contribution in [0.4, 0.5) is 0 Å². The van der Waals surface area contributed by atoms with Gasteiger partial charge in [0.1, 0.15) is 84.8 Å². The molecule has 13 N–H and O–H groups in total. The van der Waals surface area contributed by atoms with Gasteiger partial charge in [-0.15, -0.1) is 12.6 Å². The zero-order valence-corrected chi connectivity index (χ0v) is 24.4. The van der Waals surface area contributed by atoms with E-state index in [2.05, 4.69) is 17.9 Å². The summed E-state index contributed by atoms with van der Waals surface area (Å²) >= 11 is 3.98. The zero-order valence-electron chi connectivity index (χ0n) is 23.5. The van der Waals surface area contributed by atoms with Gasteiger partial charge in [-0.2, -0.15) is 0 Å². The topological polar surface area (TPSA) is 301 Å². The van der Waals surface area contributed by atoms with Crippen molar-refractivity contribution in [3.8, 4) is 0 Å². The van der Waals surface area contributed by atoms with Gasteiger partial charge in [0.05, 0.1) is 38.0 Å². The molecule has 3 fully saturated rings. The minimum Gasteiger partial charge on any atom is -0.394 e. The molecule has 44 heavy (non-hydrogen) atoms. The van der Waals surface area contributed by atoms with Crippen LogP contribution in [0.3, 0.4) is 0 Å². The summed E-state index contributed by atoms with van der Waals surface area (Å²) in [7, 11) is 0. The Morgan fingerprint density at radius 2 is 1.20 bits per heavy atom. The molecule has 4 rings (SSSR count). The van der Waals surface area contributed by atoms with Crippen molar-refractivity contribution < 1.29 is 85.0 Å². The Morgan fingerprint density at radius 1 is 0.682 bits per heavy atom. The summed E-state index contributed by atoms with van der Waals surface area (Å²) in [5.74, 6) is 0. The summed E-state index contributed by atoms with van der Waals surface area (Å²) < 4.78 is 27.9. The normalized spacial score (nSPS) is 52.0. The fraction of sp³-hybridized carbons (Fsp3) is 0.920. The van der Waals surface area contributed by atoms with Gasteiger partial charge in [0.25, 0.3) is 0 Å². The van der Waals surface area contributed by atoms with E-state index in [1.165, 1.54) is 13.0 Å². The van der Waals surface area contributed by atoms with Crippen LogP contribution in [0.1, 0.15) is 6.92 Å². The van der Waals surface area contributed by atoms with Gasteiger partial charge in [-0.1, -0.05) is 6.08 Å². The summed E-state index contributed by atoms with van der Waals surface area (Å²) in [6.07, 6.45) is -23.7. The minimum absolute atomic E-state index is 0.0302. The first-order chi connectivity index (χ1) is 20.7. The van der Waals surface area contributed by atoms with Crippen molar-refractivity contribution in [1.82, 2.24) is 5.32 Å². The molecule has 19 unspecified atom stereocenters. The van der Waals surface area contributed by atoms with Crippen LogP contribution < -0.4 is 5.32 Å². The fourth-order valence-corrected chi connectivity index (χ4v) is 6.15. The van der Waals surface area contributed by atoms with E-state index >= 15 is 0 Å². The van der Waals surface area contributed by atoms with Crippen LogP contribution in [0.2, 0.25) is 0 Å². The number of nitrogens with one attached hydrogen (secondary N) is 1. The van der Waals surface area contributed by atoms with Crippen molar-refractivity contribution in [2.75, 3.05) is 19.8 Å². The Kier molecular flexibility index (Phi) is 12.4. The second kappa shape index (κ2) is 15.1. The highest BCUT2D eigenvalue weighted by molar-refractivity contribution is 7.80. The van der Waals surface area contributed by atoms with E-state index in [-0.39, 0.29) is 5.57 Å². The maximum atomic E-state index is 10.9. The van der Waals surface area contributed by atoms with Gasteiger partial charge in [-0.3, -0.25) is 0 Å². The summed E-state index contributed by atoms with van der Waals surface area (Å²) in [5, 5.41) is 126. The van der Waals surface area contributed by atoms with Gasteiger partial charge >= 0.3 is 0 Å². The smallest absolute Gasteiger partial charge is 0.187 e. The average molecular weight is 662 g/mol. The molecule has 3 saturated heterocycles. The monoisotopic (exact) mass is 661 g/mol. The van der Waals surface area contributed by atoms with Crippen molar-refractivity contribution in [3.63, 3.8) is 0 Å². The highest BCUT2D eigenvalue weighted by Gasteiger charge is 2.53. The Bertz CT molecular complexity index is 964. The molecule has 256 valence electrons. The number of hydrogen-bond donors (Lipinski definition) is 14. The Balaban J connectivity index is 1.42. The van der Waals surface area contributed by atoms with Gasteiger partial charge < -0.3 is 90.3 Å². The van der Waals surface area contributed by atoms with Crippen LogP contribution in [0.15, 0.2) is 11.6 Å². The lowest BCUT2D eigenvalue weighted by Gasteiger charge is -2.48. The van der Waals surface area contributed by atoms with Crippen molar-refractivity contribution in [2.45, 2.75) is 122 Å². The van der Waals surface area contributed by atoms with Crippen molar-refractivity contribution in [1.29, 1.82) is 0 Å². The van der Waals surface area contributed by atoms with Crippen molar-refractivity contribution >= 4 is 12.6 Å². The van der Waals surface area contributed by atoms with Crippen molar-refractivity contribution in [2.24, 2.45) is 0 Å². The van der Waals surface area contributed by atoms with E-state index in [9.17, 15) is 61.3 Å². The van der Waals surface area contributed by atoms with Gasteiger partial charge in [-0.05, 0) is 12.5 Å². The standard InChI is InChI=1S/C25H43NO17S/c1-6-11(26-8-2-7(3-27)12(30)15(33)13(8)31)14(32)18(36)23(39-6)42-21-9(4-28)40-24(19(37)16(21)34)43-22-10(5-29)41-25(44)20(38)17(22)35/h2,6,8-38,44H,3-5H2,1H3. The third-order valence-electron chi connectivity index (χ3n) is 8.48. The lowest BCUT2D eigenvalue weighted by molar-refractivity contribution is -0.366. The molecule has 1 aliphatic carbocycles. The van der Waals surface area contributed by atoms with Crippen LogP contribution in [0, 0.1) is 0 Å². The number of hydrogen-bond acceptors (Lipinski definition) is 19. The SMILES string of the molecule is CC1OC(OC2C(CO)OC(OC3C(CO)OC(S)C(O)C3O)C(O)C2O)C(O)C(O)C1NC1C=C(CO)C(O)C(O)C1O. The second-order valence-corrected chi connectivity index (χ2v) is 11.9. The Morgan fingerprint density at radius 3 is 1.77 bits per heavy atom. The summed E-state index contributed by atoms with van der Waals surface area (Å²) in [5.41, 5.74) is -1.12. The highest BCUT2D eigenvalue weighted by Crippen LogP contribution is 2.33. The molecule has 0 spiro atoms. The molecule has 4 aliphatic rings. The number of aliphatic hydroxyl groups is 12. The fourth-order valence-electron chi connectivity index (χ4n) is 5.81. The molecule has 0 bridgehead atoms. The van der Waals surface area contributed by atoms with Crippen LogP contribution in [-0.4, -0.2) is 197 Å². The lowest BCUT2D eigenvalue weighted by Crippen LogP contribution is -2.68. The van der Waals surface area contributed by atoms with Crippen LogP contribution >= 0.6 is 12.6 Å². The predicted octanol–water partition coefficient (Wildman–Crippen LogP) is -7.63. The average Bonchev–Trinajstić information content (AvgIpc) is 3.00. The first-order valence-corrected chi connectivity index (χ1v) is 14.6. The zero-order chi connectivity index (χ0) is 32.6. The molecule has 3 heterocycles. The first-order valence-electron chi connectivity index (χ1n) is 14.1.